The smallest absolute Gasteiger partial charge is 0.317 e. The van der Waals surface area contributed by atoms with E-state index in [1.807, 2.05) is 14.0 Å². The van der Waals surface area contributed by atoms with Crippen molar-refractivity contribution in [1.82, 2.24) is 15.5 Å². The second-order valence-electron chi connectivity index (χ2n) is 5.96. The Labute approximate surface area is 132 Å². The zero-order valence-electron chi connectivity index (χ0n) is 14.9. The molecule has 0 radical (unpaired) electrons. The summed E-state index contributed by atoms with van der Waals surface area (Å²) >= 11 is 0. The van der Waals surface area contributed by atoms with Crippen molar-refractivity contribution in [2.45, 2.75) is 72.3 Å². The van der Waals surface area contributed by atoms with E-state index in [9.17, 15) is 4.79 Å². The van der Waals surface area contributed by atoms with Crippen molar-refractivity contribution >= 4 is 6.03 Å². The van der Waals surface area contributed by atoms with Crippen molar-refractivity contribution in [3.8, 4) is 0 Å². The highest BCUT2D eigenvalue weighted by Gasteiger charge is 2.16. The molecule has 0 fully saturated rings. The number of likely N-dealkylation sites (N-methyl/N-ethyl adjacent to an activating group) is 1. The minimum atomic E-state index is 0.0435. The highest BCUT2D eigenvalue weighted by atomic mass is 16.2. The van der Waals surface area contributed by atoms with Crippen LogP contribution in [-0.2, 0) is 0 Å². The molecule has 0 aliphatic heterocycles. The van der Waals surface area contributed by atoms with E-state index in [4.69, 9.17) is 0 Å². The quantitative estimate of drug-likeness (QED) is 0.578. The molecule has 0 aliphatic carbocycles. The molecule has 4 nitrogen and oxygen atoms in total. The summed E-state index contributed by atoms with van der Waals surface area (Å²) < 4.78 is 0. The average molecular weight is 300 g/mol. The molecule has 0 aliphatic rings. The van der Waals surface area contributed by atoms with Gasteiger partial charge in [-0.3, -0.25) is 0 Å². The second kappa shape index (κ2) is 12.9. The van der Waals surface area contributed by atoms with Gasteiger partial charge in [0.25, 0.3) is 0 Å². The number of carbonyl (C=O) groups is 1. The Hall–Kier alpha value is -0.770. The summed E-state index contributed by atoms with van der Waals surface area (Å²) in [6, 6.07) is 0.282. The third-order valence-electron chi connectivity index (χ3n) is 4.26. The first kappa shape index (κ1) is 20.2. The van der Waals surface area contributed by atoms with E-state index in [-0.39, 0.29) is 12.1 Å². The monoisotopic (exact) mass is 299 g/mol. The number of unbranched alkanes of at least 4 members (excludes halogenated alkanes) is 1. The summed E-state index contributed by atoms with van der Waals surface area (Å²) in [5.74, 6) is 0.801. The van der Waals surface area contributed by atoms with Gasteiger partial charge in [-0.25, -0.2) is 4.79 Å². The largest absolute Gasteiger partial charge is 0.334 e. The molecule has 4 heteroatoms. The molecule has 21 heavy (non-hydrogen) atoms. The molecule has 0 saturated heterocycles. The number of hydrogen-bond donors (Lipinski definition) is 2. The predicted octanol–water partition coefficient (Wildman–Crippen LogP) is 3.62. The van der Waals surface area contributed by atoms with E-state index >= 15 is 0 Å². The van der Waals surface area contributed by atoms with Crippen LogP contribution in [0.25, 0.3) is 0 Å². The van der Waals surface area contributed by atoms with Crippen LogP contribution in [0.5, 0.6) is 0 Å². The number of amides is 2. The number of carbonyl (C=O) groups excluding carboxylic acids is 1. The van der Waals surface area contributed by atoms with E-state index in [2.05, 4.69) is 31.4 Å². The van der Waals surface area contributed by atoms with Gasteiger partial charge in [-0.2, -0.15) is 0 Å². The van der Waals surface area contributed by atoms with Gasteiger partial charge in [-0.15, -0.1) is 0 Å². The Kier molecular flexibility index (Phi) is 12.5. The van der Waals surface area contributed by atoms with E-state index in [0.29, 0.717) is 0 Å². The van der Waals surface area contributed by atoms with Crippen LogP contribution in [0.4, 0.5) is 4.79 Å². The van der Waals surface area contributed by atoms with Gasteiger partial charge in [-0.05, 0) is 32.2 Å². The Morgan fingerprint density at radius 2 is 1.81 bits per heavy atom. The lowest BCUT2D eigenvalue weighted by atomic mass is 9.92. The van der Waals surface area contributed by atoms with Crippen LogP contribution in [0.15, 0.2) is 0 Å². The van der Waals surface area contributed by atoms with Crippen LogP contribution >= 0.6 is 0 Å². The zero-order chi connectivity index (χ0) is 16.1. The third-order valence-corrected chi connectivity index (χ3v) is 4.26. The summed E-state index contributed by atoms with van der Waals surface area (Å²) in [4.78, 5) is 13.8. The normalized spacial score (nSPS) is 13.8. The minimum absolute atomic E-state index is 0.0435. The number of urea groups is 1. The fraction of sp³-hybridized carbons (Fsp3) is 0.941. The molecule has 0 aromatic carbocycles. The molecule has 0 spiro atoms. The molecule has 0 heterocycles. The van der Waals surface area contributed by atoms with Gasteiger partial charge in [0.15, 0.2) is 0 Å². The van der Waals surface area contributed by atoms with Crippen molar-refractivity contribution in [3.05, 3.63) is 0 Å². The molecule has 0 saturated carbocycles. The molecule has 1 unspecified atom stereocenters. The van der Waals surface area contributed by atoms with E-state index < -0.39 is 0 Å². The van der Waals surface area contributed by atoms with Crippen molar-refractivity contribution < 1.29 is 4.79 Å². The first-order valence-corrected chi connectivity index (χ1v) is 8.81. The maximum atomic E-state index is 12.0. The van der Waals surface area contributed by atoms with E-state index in [1.165, 1.54) is 32.1 Å². The summed E-state index contributed by atoms with van der Waals surface area (Å²) in [6.07, 6.45) is 7.44. The molecule has 0 rings (SSSR count). The van der Waals surface area contributed by atoms with Crippen LogP contribution in [0.2, 0.25) is 0 Å². The third kappa shape index (κ3) is 9.72. The Morgan fingerprint density at radius 1 is 1.10 bits per heavy atom. The van der Waals surface area contributed by atoms with Crippen LogP contribution in [-0.4, -0.2) is 43.7 Å². The molecule has 0 aromatic heterocycles. The maximum Gasteiger partial charge on any atom is 0.317 e. The van der Waals surface area contributed by atoms with Gasteiger partial charge < -0.3 is 15.5 Å². The van der Waals surface area contributed by atoms with Crippen LogP contribution in [0.1, 0.15) is 66.2 Å². The summed E-state index contributed by atoms with van der Waals surface area (Å²) in [6.45, 7) is 11.2. The molecule has 126 valence electrons. The molecular formula is C17H37N3O. The van der Waals surface area contributed by atoms with Gasteiger partial charge in [0, 0.05) is 26.2 Å². The van der Waals surface area contributed by atoms with Gasteiger partial charge in [0.1, 0.15) is 0 Å². The van der Waals surface area contributed by atoms with Crippen molar-refractivity contribution in [2.24, 2.45) is 5.92 Å². The van der Waals surface area contributed by atoms with Gasteiger partial charge in [-0.1, -0.05) is 46.5 Å². The SMILES string of the molecule is CCCCC(CC)CC[C@@H](CNCC)NC(=O)N(C)CC. The summed E-state index contributed by atoms with van der Waals surface area (Å²) in [5.41, 5.74) is 0. The minimum Gasteiger partial charge on any atom is -0.334 e. The molecule has 0 bridgehead atoms. The van der Waals surface area contributed by atoms with Crippen molar-refractivity contribution in [2.75, 3.05) is 26.7 Å². The van der Waals surface area contributed by atoms with Gasteiger partial charge >= 0.3 is 6.03 Å². The fourth-order valence-corrected chi connectivity index (χ4v) is 2.45. The Balaban J connectivity index is 4.29. The van der Waals surface area contributed by atoms with Crippen molar-refractivity contribution in [1.29, 1.82) is 0 Å². The lowest BCUT2D eigenvalue weighted by Gasteiger charge is -2.25. The number of rotatable bonds is 12. The van der Waals surface area contributed by atoms with Crippen molar-refractivity contribution in [3.63, 3.8) is 0 Å². The summed E-state index contributed by atoms with van der Waals surface area (Å²) in [5, 5.41) is 6.52. The Morgan fingerprint density at radius 3 is 2.33 bits per heavy atom. The summed E-state index contributed by atoms with van der Waals surface area (Å²) in [7, 11) is 1.84. The molecular weight excluding hydrogens is 262 g/mol. The van der Waals surface area contributed by atoms with Gasteiger partial charge in [0.05, 0.1) is 0 Å². The topological polar surface area (TPSA) is 44.4 Å². The predicted molar refractivity (Wildman–Crippen MR) is 91.7 cm³/mol. The Bertz CT molecular complexity index is 258. The fourth-order valence-electron chi connectivity index (χ4n) is 2.45. The average Bonchev–Trinajstić information content (AvgIpc) is 2.51. The first-order valence-electron chi connectivity index (χ1n) is 8.81. The van der Waals surface area contributed by atoms with Crippen LogP contribution < -0.4 is 10.6 Å². The number of nitrogens with zero attached hydrogens (tertiary/aromatic N) is 1. The zero-order valence-corrected chi connectivity index (χ0v) is 14.9. The first-order chi connectivity index (χ1) is 10.1. The lowest BCUT2D eigenvalue weighted by Crippen LogP contribution is -2.47. The standard InChI is InChI=1S/C17H37N3O/c1-6-10-11-15(7-2)12-13-16(14-18-8-3)19-17(21)20(5)9-4/h15-16,18H,6-14H2,1-5H3,(H,19,21)/t15?,16-/m0/s1. The molecule has 2 N–H and O–H groups in total. The molecule has 0 aromatic rings. The second-order valence-corrected chi connectivity index (χ2v) is 5.96. The highest BCUT2D eigenvalue weighted by molar-refractivity contribution is 5.74. The highest BCUT2D eigenvalue weighted by Crippen LogP contribution is 2.19. The number of hydrogen-bond acceptors (Lipinski definition) is 2. The van der Waals surface area contributed by atoms with Gasteiger partial charge in [0.2, 0.25) is 0 Å². The van der Waals surface area contributed by atoms with Crippen LogP contribution in [0.3, 0.4) is 0 Å². The number of nitrogens with one attached hydrogen (secondary N) is 2. The molecule has 2 amide bonds. The maximum absolute atomic E-state index is 12.0. The van der Waals surface area contributed by atoms with Crippen LogP contribution in [0, 0.1) is 5.92 Å². The molecule has 2 atom stereocenters. The lowest BCUT2D eigenvalue weighted by molar-refractivity contribution is 0.204. The van der Waals surface area contributed by atoms with E-state index in [1.54, 1.807) is 4.90 Å². The van der Waals surface area contributed by atoms with E-state index in [0.717, 1.165) is 32.0 Å².